The lowest BCUT2D eigenvalue weighted by atomic mass is 10.1. The molecule has 0 aromatic heterocycles. The van der Waals surface area contributed by atoms with Crippen LogP contribution in [0.3, 0.4) is 0 Å². The van der Waals surface area contributed by atoms with Crippen LogP contribution in [0.1, 0.15) is 21.5 Å². The molecule has 0 aliphatic rings. The van der Waals surface area contributed by atoms with E-state index in [0.717, 1.165) is 5.56 Å². The highest BCUT2D eigenvalue weighted by Gasteiger charge is 2.05. The van der Waals surface area contributed by atoms with Crippen LogP contribution in [-0.4, -0.2) is 13.0 Å². The molecule has 0 saturated heterocycles. The summed E-state index contributed by atoms with van der Waals surface area (Å²) in [5.74, 6) is 0.554. The van der Waals surface area contributed by atoms with Crippen molar-refractivity contribution in [1.82, 2.24) is 5.32 Å². The molecule has 2 aromatic carbocycles. The molecule has 4 nitrogen and oxygen atoms in total. The second-order valence-corrected chi connectivity index (χ2v) is 4.22. The third-order valence-corrected chi connectivity index (χ3v) is 2.86. The van der Waals surface area contributed by atoms with Gasteiger partial charge in [0.05, 0.1) is 18.7 Å². The maximum absolute atomic E-state index is 12.0. The summed E-state index contributed by atoms with van der Waals surface area (Å²) in [5.41, 5.74) is 2.05. The van der Waals surface area contributed by atoms with E-state index in [4.69, 9.17) is 10.00 Å². The molecule has 2 aromatic rings. The summed E-state index contributed by atoms with van der Waals surface area (Å²) in [4.78, 5) is 12.0. The Hall–Kier alpha value is -2.80. The number of ether oxygens (including phenoxy) is 1. The van der Waals surface area contributed by atoms with Gasteiger partial charge >= 0.3 is 0 Å². The quantitative estimate of drug-likeness (QED) is 0.924. The average Bonchev–Trinajstić information content (AvgIpc) is 2.53. The first-order valence-corrected chi connectivity index (χ1v) is 6.14. The molecular formula is C16H14N2O2. The molecule has 1 N–H and O–H groups in total. The molecule has 0 unspecified atom stereocenters. The van der Waals surface area contributed by atoms with E-state index in [9.17, 15) is 4.79 Å². The molecule has 100 valence electrons. The summed E-state index contributed by atoms with van der Waals surface area (Å²) in [6.07, 6.45) is 0. The Labute approximate surface area is 117 Å². The number of carbonyl (C=O) groups is 1. The highest BCUT2D eigenvalue weighted by molar-refractivity contribution is 5.94. The van der Waals surface area contributed by atoms with Crippen molar-refractivity contribution in [2.24, 2.45) is 0 Å². The highest BCUT2D eigenvalue weighted by atomic mass is 16.5. The van der Waals surface area contributed by atoms with Crippen molar-refractivity contribution in [2.45, 2.75) is 6.54 Å². The predicted molar refractivity (Wildman–Crippen MR) is 75.3 cm³/mol. The fourth-order valence-corrected chi connectivity index (χ4v) is 1.78. The highest BCUT2D eigenvalue weighted by Crippen LogP contribution is 2.11. The van der Waals surface area contributed by atoms with Crippen molar-refractivity contribution in [1.29, 1.82) is 5.26 Å². The number of carbonyl (C=O) groups excluding carboxylic acids is 1. The number of nitrogens with one attached hydrogen (secondary N) is 1. The Bertz CT molecular complexity index is 642. The van der Waals surface area contributed by atoms with E-state index < -0.39 is 0 Å². The Kier molecular flexibility index (Phi) is 4.35. The van der Waals surface area contributed by atoms with Crippen molar-refractivity contribution >= 4 is 5.91 Å². The lowest BCUT2D eigenvalue weighted by Gasteiger charge is -2.06. The van der Waals surface area contributed by atoms with Crippen LogP contribution in [-0.2, 0) is 6.54 Å². The Morgan fingerprint density at radius 1 is 1.25 bits per heavy atom. The fourth-order valence-electron chi connectivity index (χ4n) is 1.78. The predicted octanol–water partition coefficient (Wildman–Crippen LogP) is 2.50. The summed E-state index contributed by atoms with van der Waals surface area (Å²) in [6.45, 7) is 0.389. The van der Waals surface area contributed by atoms with Crippen LogP contribution < -0.4 is 10.1 Å². The molecule has 0 radical (unpaired) electrons. The Balaban J connectivity index is 1.99. The maximum atomic E-state index is 12.0. The fraction of sp³-hybridized carbons (Fsp3) is 0.125. The number of hydrogen-bond acceptors (Lipinski definition) is 3. The third kappa shape index (κ3) is 3.36. The molecule has 0 aliphatic carbocycles. The molecule has 0 atom stereocenters. The van der Waals surface area contributed by atoms with Crippen LogP contribution in [0.5, 0.6) is 5.75 Å². The number of hydrogen-bond donors (Lipinski definition) is 1. The zero-order chi connectivity index (χ0) is 14.4. The Morgan fingerprint density at radius 3 is 2.65 bits per heavy atom. The van der Waals surface area contributed by atoms with E-state index in [1.807, 2.05) is 6.07 Å². The van der Waals surface area contributed by atoms with Crippen molar-refractivity contribution in [3.63, 3.8) is 0 Å². The second kappa shape index (κ2) is 6.39. The van der Waals surface area contributed by atoms with Gasteiger partial charge in [0.1, 0.15) is 5.75 Å². The van der Waals surface area contributed by atoms with Gasteiger partial charge in [0, 0.05) is 12.1 Å². The zero-order valence-electron chi connectivity index (χ0n) is 11.1. The first-order chi connectivity index (χ1) is 9.72. The second-order valence-electron chi connectivity index (χ2n) is 4.22. The largest absolute Gasteiger partial charge is 0.497 e. The minimum Gasteiger partial charge on any atom is -0.497 e. The van der Waals surface area contributed by atoms with Gasteiger partial charge in [-0.1, -0.05) is 12.1 Å². The molecule has 0 saturated carbocycles. The van der Waals surface area contributed by atoms with Crippen LogP contribution in [0.25, 0.3) is 0 Å². The number of nitrogens with zero attached hydrogens (tertiary/aromatic N) is 1. The van der Waals surface area contributed by atoms with Gasteiger partial charge in [0.2, 0.25) is 0 Å². The van der Waals surface area contributed by atoms with Gasteiger partial charge in [0.15, 0.2) is 0 Å². The number of methoxy groups -OCH3 is 1. The Morgan fingerprint density at radius 2 is 2.00 bits per heavy atom. The molecule has 1 amide bonds. The van der Waals surface area contributed by atoms with E-state index in [-0.39, 0.29) is 5.91 Å². The maximum Gasteiger partial charge on any atom is 0.251 e. The van der Waals surface area contributed by atoms with Gasteiger partial charge < -0.3 is 10.1 Å². The molecular weight excluding hydrogens is 252 g/mol. The summed E-state index contributed by atoms with van der Waals surface area (Å²) in [5, 5.41) is 11.6. The van der Waals surface area contributed by atoms with Crippen LogP contribution in [0.2, 0.25) is 0 Å². The van der Waals surface area contributed by atoms with Gasteiger partial charge in [-0.15, -0.1) is 0 Å². The molecule has 0 fully saturated rings. The smallest absolute Gasteiger partial charge is 0.251 e. The summed E-state index contributed by atoms with van der Waals surface area (Å²) in [7, 11) is 1.58. The summed E-state index contributed by atoms with van der Waals surface area (Å²) < 4.78 is 5.04. The average molecular weight is 266 g/mol. The zero-order valence-corrected chi connectivity index (χ0v) is 11.1. The third-order valence-electron chi connectivity index (χ3n) is 2.86. The van der Waals surface area contributed by atoms with Crippen LogP contribution in [0.15, 0.2) is 48.5 Å². The van der Waals surface area contributed by atoms with Crippen LogP contribution in [0.4, 0.5) is 0 Å². The van der Waals surface area contributed by atoms with E-state index in [0.29, 0.717) is 23.4 Å². The van der Waals surface area contributed by atoms with Crippen molar-refractivity contribution in [3.8, 4) is 11.8 Å². The van der Waals surface area contributed by atoms with E-state index in [2.05, 4.69) is 11.4 Å². The molecule has 4 heteroatoms. The number of amides is 1. The molecule has 20 heavy (non-hydrogen) atoms. The first kappa shape index (κ1) is 13.6. The van der Waals surface area contributed by atoms with Crippen LogP contribution >= 0.6 is 0 Å². The molecule has 2 rings (SSSR count). The molecule has 0 heterocycles. The monoisotopic (exact) mass is 266 g/mol. The lowest BCUT2D eigenvalue weighted by molar-refractivity contribution is 0.0951. The van der Waals surface area contributed by atoms with Gasteiger partial charge in [-0.3, -0.25) is 4.79 Å². The van der Waals surface area contributed by atoms with Crippen LogP contribution in [0, 0.1) is 11.3 Å². The minimum atomic E-state index is -0.157. The van der Waals surface area contributed by atoms with Crippen molar-refractivity contribution in [2.75, 3.05) is 7.11 Å². The van der Waals surface area contributed by atoms with Crippen molar-refractivity contribution < 1.29 is 9.53 Å². The topological polar surface area (TPSA) is 62.1 Å². The number of nitriles is 1. The SMILES string of the molecule is COc1ccc(C(=O)NCc2cccc(C#N)c2)cc1. The summed E-state index contributed by atoms with van der Waals surface area (Å²) >= 11 is 0. The van der Waals surface area contributed by atoms with E-state index >= 15 is 0 Å². The number of benzene rings is 2. The molecule has 0 spiro atoms. The van der Waals surface area contributed by atoms with Gasteiger partial charge in [0.25, 0.3) is 5.91 Å². The lowest BCUT2D eigenvalue weighted by Crippen LogP contribution is -2.22. The van der Waals surface area contributed by atoms with Gasteiger partial charge in [-0.2, -0.15) is 5.26 Å². The van der Waals surface area contributed by atoms with Crippen molar-refractivity contribution in [3.05, 3.63) is 65.2 Å². The molecule has 0 aliphatic heterocycles. The van der Waals surface area contributed by atoms with Gasteiger partial charge in [-0.25, -0.2) is 0 Å². The minimum absolute atomic E-state index is 0.157. The first-order valence-electron chi connectivity index (χ1n) is 6.14. The molecule has 0 bridgehead atoms. The normalized spacial score (nSPS) is 9.60. The number of rotatable bonds is 4. The van der Waals surface area contributed by atoms with E-state index in [1.165, 1.54) is 0 Å². The standard InChI is InChI=1S/C16H14N2O2/c1-20-15-7-5-14(6-8-15)16(19)18-11-13-4-2-3-12(9-13)10-17/h2-9H,11H2,1H3,(H,18,19). The van der Waals surface area contributed by atoms with E-state index in [1.54, 1.807) is 49.6 Å². The summed E-state index contributed by atoms with van der Waals surface area (Å²) in [6, 6.07) is 16.1. The van der Waals surface area contributed by atoms with Gasteiger partial charge in [-0.05, 0) is 42.0 Å².